The summed E-state index contributed by atoms with van der Waals surface area (Å²) in [6.07, 6.45) is -0.380. The Kier molecular flexibility index (Phi) is 9.74. The van der Waals surface area contributed by atoms with Gasteiger partial charge in [0.15, 0.2) is 12.4 Å². The Morgan fingerprint density at radius 3 is 1.78 bits per heavy atom. The number of nitrogens with one attached hydrogen (secondary N) is 1. The molecular formula is C29H31NO6S. The van der Waals surface area contributed by atoms with Crippen molar-refractivity contribution in [1.82, 2.24) is 5.32 Å². The molecule has 7 nitrogen and oxygen atoms in total. The van der Waals surface area contributed by atoms with Crippen molar-refractivity contribution in [3.63, 3.8) is 0 Å². The fourth-order valence-electron chi connectivity index (χ4n) is 3.99. The molecule has 0 aromatic heterocycles. The molecule has 0 aliphatic rings. The zero-order valence-corrected chi connectivity index (χ0v) is 22.1. The van der Waals surface area contributed by atoms with Gasteiger partial charge in [-0.05, 0) is 47.9 Å². The quantitative estimate of drug-likeness (QED) is 0.215. The van der Waals surface area contributed by atoms with E-state index in [1.165, 1.54) is 25.6 Å². The minimum atomic E-state index is -0.968. The number of benzene rings is 3. The van der Waals surface area contributed by atoms with E-state index in [-0.39, 0.29) is 11.7 Å². The molecule has 0 heterocycles. The number of carbonyl (C=O) groups excluding carboxylic acids is 3. The number of amides is 1. The highest BCUT2D eigenvalue weighted by Crippen LogP contribution is 2.49. The van der Waals surface area contributed by atoms with Crippen molar-refractivity contribution >= 4 is 29.9 Å². The number of aldehydes is 1. The van der Waals surface area contributed by atoms with E-state index in [0.717, 1.165) is 16.7 Å². The van der Waals surface area contributed by atoms with Crippen LogP contribution >= 0.6 is 11.8 Å². The van der Waals surface area contributed by atoms with E-state index in [1.54, 1.807) is 14.2 Å². The molecule has 0 saturated heterocycles. The predicted molar refractivity (Wildman–Crippen MR) is 144 cm³/mol. The Hall–Kier alpha value is -3.78. The van der Waals surface area contributed by atoms with Crippen LogP contribution in [-0.4, -0.2) is 50.3 Å². The molecule has 3 aromatic rings. The minimum absolute atomic E-state index is 0.178. The van der Waals surface area contributed by atoms with Crippen LogP contribution in [0.15, 0.2) is 78.9 Å². The third kappa shape index (κ3) is 6.71. The first-order chi connectivity index (χ1) is 17.8. The predicted octanol–water partition coefficient (Wildman–Crippen LogP) is 4.36. The lowest BCUT2D eigenvalue weighted by Crippen LogP contribution is -2.44. The summed E-state index contributed by atoms with van der Waals surface area (Å²) in [5, 5.41) is 2.68. The van der Waals surface area contributed by atoms with E-state index in [4.69, 9.17) is 14.2 Å². The molecule has 0 radical (unpaired) electrons. The van der Waals surface area contributed by atoms with Gasteiger partial charge in [-0.25, -0.2) is 4.79 Å². The third-order valence-corrected chi connectivity index (χ3v) is 7.44. The van der Waals surface area contributed by atoms with E-state index in [2.05, 4.69) is 5.32 Å². The summed E-state index contributed by atoms with van der Waals surface area (Å²) in [7, 11) is 3.23. The fourth-order valence-corrected chi connectivity index (χ4v) is 5.53. The molecule has 3 rings (SSSR count). The molecule has 194 valence electrons. The summed E-state index contributed by atoms with van der Waals surface area (Å²) >= 11 is 1.48. The second-order valence-electron chi connectivity index (χ2n) is 8.35. The van der Waals surface area contributed by atoms with Crippen molar-refractivity contribution in [2.45, 2.75) is 30.7 Å². The molecule has 0 aliphatic carbocycles. The van der Waals surface area contributed by atoms with Gasteiger partial charge in [-0.15, -0.1) is 11.8 Å². The molecule has 0 spiro atoms. The van der Waals surface area contributed by atoms with Crippen molar-refractivity contribution in [1.29, 1.82) is 0 Å². The monoisotopic (exact) mass is 521 g/mol. The van der Waals surface area contributed by atoms with E-state index >= 15 is 0 Å². The van der Waals surface area contributed by atoms with Crippen LogP contribution in [0.4, 0.5) is 0 Å². The number of ether oxygens (including phenoxy) is 3. The second-order valence-corrected chi connectivity index (χ2v) is 9.58. The van der Waals surface area contributed by atoms with Crippen LogP contribution in [0, 0.1) is 0 Å². The SMILES string of the molecule is COc1ccc(C(SC[C@H](NC(C)=O)C(=O)OC(C)C=O)(c2ccccc2)c2ccc(OC)cc2)cc1. The average molecular weight is 522 g/mol. The summed E-state index contributed by atoms with van der Waals surface area (Å²) < 4.78 is 15.2. The van der Waals surface area contributed by atoms with Crippen LogP contribution in [-0.2, 0) is 23.9 Å². The first-order valence-electron chi connectivity index (χ1n) is 11.8. The molecule has 1 N–H and O–H groups in total. The van der Waals surface area contributed by atoms with E-state index < -0.39 is 22.9 Å². The highest BCUT2D eigenvalue weighted by atomic mass is 32.2. The molecule has 8 heteroatoms. The highest BCUT2D eigenvalue weighted by molar-refractivity contribution is 8.00. The van der Waals surface area contributed by atoms with Crippen LogP contribution in [0.3, 0.4) is 0 Å². The van der Waals surface area contributed by atoms with Crippen LogP contribution in [0.25, 0.3) is 0 Å². The van der Waals surface area contributed by atoms with Gasteiger partial charge in [0.2, 0.25) is 5.91 Å². The highest BCUT2D eigenvalue weighted by Gasteiger charge is 2.39. The fraction of sp³-hybridized carbons (Fsp3) is 0.276. The summed E-state index contributed by atoms with van der Waals surface area (Å²) in [4.78, 5) is 35.9. The largest absolute Gasteiger partial charge is 0.497 e. The Balaban J connectivity index is 2.15. The number of methoxy groups -OCH3 is 2. The molecule has 0 aliphatic heterocycles. The lowest BCUT2D eigenvalue weighted by atomic mass is 9.84. The normalized spacial score (nSPS) is 12.6. The number of hydrogen-bond acceptors (Lipinski definition) is 7. The minimum Gasteiger partial charge on any atom is -0.497 e. The smallest absolute Gasteiger partial charge is 0.330 e. The Morgan fingerprint density at radius 2 is 1.35 bits per heavy atom. The van der Waals surface area contributed by atoms with Gasteiger partial charge in [0, 0.05) is 12.7 Å². The molecule has 2 atom stereocenters. The zero-order chi connectivity index (χ0) is 26.8. The molecule has 1 unspecified atom stereocenters. The maximum atomic E-state index is 12.9. The summed E-state index contributed by atoms with van der Waals surface area (Å²) in [5.41, 5.74) is 2.88. The van der Waals surface area contributed by atoms with Crippen molar-refractivity contribution in [2.75, 3.05) is 20.0 Å². The number of rotatable bonds is 12. The Bertz CT molecular complexity index is 1130. The van der Waals surface area contributed by atoms with E-state index in [9.17, 15) is 14.4 Å². The van der Waals surface area contributed by atoms with Gasteiger partial charge >= 0.3 is 5.97 Å². The van der Waals surface area contributed by atoms with Gasteiger partial charge in [-0.3, -0.25) is 9.59 Å². The van der Waals surface area contributed by atoms with Crippen molar-refractivity contribution < 1.29 is 28.6 Å². The van der Waals surface area contributed by atoms with E-state index in [0.29, 0.717) is 17.8 Å². The van der Waals surface area contributed by atoms with Gasteiger partial charge in [0.25, 0.3) is 0 Å². The van der Waals surface area contributed by atoms with E-state index in [1.807, 2.05) is 78.9 Å². The van der Waals surface area contributed by atoms with Gasteiger partial charge in [-0.1, -0.05) is 54.6 Å². The van der Waals surface area contributed by atoms with Crippen molar-refractivity contribution in [3.8, 4) is 11.5 Å². The Labute approximate surface area is 221 Å². The van der Waals surface area contributed by atoms with Crippen LogP contribution in [0.1, 0.15) is 30.5 Å². The first-order valence-corrected chi connectivity index (χ1v) is 12.7. The summed E-state index contributed by atoms with van der Waals surface area (Å²) in [6.45, 7) is 2.82. The number of esters is 1. The van der Waals surface area contributed by atoms with Crippen molar-refractivity contribution in [3.05, 3.63) is 95.6 Å². The number of thioether (sulfide) groups is 1. The van der Waals surface area contributed by atoms with Crippen LogP contribution in [0.2, 0.25) is 0 Å². The summed E-state index contributed by atoms with van der Waals surface area (Å²) in [6, 6.07) is 24.5. The molecule has 0 fully saturated rings. The zero-order valence-electron chi connectivity index (χ0n) is 21.3. The molecule has 0 bridgehead atoms. The van der Waals surface area contributed by atoms with Crippen LogP contribution in [0.5, 0.6) is 11.5 Å². The maximum absolute atomic E-state index is 12.9. The van der Waals surface area contributed by atoms with Gasteiger partial charge in [-0.2, -0.15) is 0 Å². The maximum Gasteiger partial charge on any atom is 0.330 e. The first kappa shape index (κ1) is 27.8. The molecular weight excluding hydrogens is 490 g/mol. The van der Waals surface area contributed by atoms with Gasteiger partial charge in [0.05, 0.1) is 19.0 Å². The van der Waals surface area contributed by atoms with Gasteiger partial charge < -0.3 is 19.5 Å². The van der Waals surface area contributed by atoms with Crippen molar-refractivity contribution in [2.24, 2.45) is 0 Å². The van der Waals surface area contributed by atoms with Gasteiger partial charge in [0.1, 0.15) is 17.5 Å². The molecule has 3 aromatic carbocycles. The second kappa shape index (κ2) is 13.0. The lowest BCUT2D eigenvalue weighted by molar-refractivity contribution is -0.153. The summed E-state index contributed by atoms with van der Waals surface area (Å²) in [5.74, 6) is 0.562. The standard InChI is InChI=1S/C29H31NO6S/c1-20(18-31)36-28(33)27(30-21(2)32)19-37-29(22-8-6-5-7-9-22,23-10-14-25(34-3)15-11-23)24-12-16-26(35-4)17-13-24/h5-18,20,27H,19H2,1-4H3,(H,30,32)/t20?,27-/m0/s1. The molecule has 37 heavy (non-hydrogen) atoms. The topological polar surface area (TPSA) is 90.9 Å². The number of carbonyl (C=O) groups is 3. The van der Waals surface area contributed by atoms with Crippen LogP contribution < -0.4 is 14.8 Å². The Morgan fingerprint density at radius 1 is 0.865 bits per heavy atom. The molecule has 1 amide bonds. The third-order valence-electron chi connectivity index (χ3n) is 5.80. The molecule has 0 saturated carbocycles. The number of hydrogen-bond donors (Lipinski definition) is 1. The average Bonchev–Trinajstić information content (AvgIpc) is 2.93. The lowest BCUT2D eigenvalue weighted by Gasteiger charge is -2.36.